The molecule has 2 aromatic heterocycles. The van der Waals surface area contributed by atoms with Gasteiger partial charge in [-0.3, -0.25) is 9.67 Å². The smallest absolute Gasteiger partial charge is 0.0924 e. The number of benzene rings is 1. The molecule has 0 saturated heterocycles. The highest BCUT2D eigenvalue weighted by molar-refractivity contribution is 5.80. The number of aryl methyl sites for hydroxylation is 1. The van der Waals surface area contributed by atoms with Crippen molar-refractivity contribution >= 4 is 16.7 Å². The van der Waals surface area contributed by atoms with Crippen LogP contribution in [0, 0.1) is 5.92 Å². The topological polar surface area (TPSA) is 55.6 Å². The monoisotopic (exact) mass is 279 g/mol. The summed E-state index contributed by atoms with van der Waals surface area (Å²) in [5.41, 5.74) is 4.79. The van der Waals surface area contributed by atoms with Crippen molar-refractivity contribution in [2.45, 2.75) is 12.8 Å². The van der Waals surface area contributed by atoms with Gasteiger partial charge in [-0.2, -0.15) is 5.10 Å². The van der Waals surface area contributed by atoms with Crippen LogP contribution in [0.2, 0.25) is 0 Å². The van der Waals surface area contributed by atoms with Crippen LogP contribution in [0.3, 0.4) is 0 Å². The van der Waals surface area contributed by atoms with E-state index in [4.69, 9.17) is 4.98 Å². The molecule has 1 saturated carbocycles. The Kier molecular flexibility index (Phi) is 2.84. The SMILES string of the molecule is Cn1cc(-c2cnc3ccc(NCC4CC4)cc3n2)cn1. The van der Waals surface area contributed by atoms with Crippen LogP contribution in [0.5, 0.6) is 0 Å². The molecule has 106 valence electrons. The lowest BCUT2D eigenvalue weighted by Crippen LogP contribution is -2.03. The van der Waals surface area contributed by atoms with E-state index in [2.05, 4.69) is 27.5 Å². The van der Waals surface area contributed by atoms with E-state index in [0.29, 0.717) is 0 Å². The summed E-state index contributed by atoms with van der Waals surface area (Å²) >= 11 is 0. The number of aromatic nitrogens is 4. The van der Waals surface area contributed by atoms with E-state index < -0.39 is 0 Å². The lowest BCUT2D eigenvalue weighted by atomic mass is 10.2. The Labute approximate surface area is 123 Å². The van der Waals surface area contributed by atoms with Crippen molar-refractivity contribution in [1.82, 2.24) is 19.7 Å². The van der Waals surface area contributed by atoms with Crippen molar-refractivity contribution in [3.8, 4) is 11.3 Å². The molecule has 1 fully saturated rings. The van der Waals surface area contributed by atoms with Gasteiger partial charge >= 0.3 is 0 Å². The van der Waals surface area contributed by atoms with Gasteiger partial charge < -0.3 is 5.32 Å². The van der Waals surface area contributed by atoms with Crippen molar-refractivity contribution < 1.29 is 0 Å². The summed E-state index contributed by atoms with van der Waals surface area (Å²) in [6.45, 7) is 1.06. The molecule has 0 aliphatic heterocycles. The summed E-state index contributed by atoms with van der Waals surface area (Å²) in [5.74, 6) is 0.855. The Balaban J connectivity index is 1.67. The van der Waals surface area contributed by atoms with Crippen LogP contribution in [0.25, 0.3) is 22.3 Å². The summed E-state index contributed by atoms with van der Waals surface area (Å²) in [6, 6.07) is 6.16. The Morgan fingerprint density at radius 3 is 2.90 bits per heavy atom. The zero-order valence-corrected chi connectivity index (χ0v) is 12.0. The molecule has 3 aromatic rings. The largest absolute Gasteiger partial charge is 0.385 e. The maximum atomic E-state index is 4.71. The first-order valence-corrected chi connectivity index (χ1v) is 7.27. The minimum atomic E-state index is 0.855. The number of anilines is 1. The summed E-state index contributed by atoms with van der Waals surface area (Å²) < 4.78 is 1.77. The lowest BCUT2D eigenvalue weighted by Gasteiger charge is -2.06. The third kappa shape index (κ3) is 2.59. The zero-order valence-electron chi connectivity index (χ0n) is 12.0. The van der Waals surface area contributed by atoms with Gasteiger partial charge in [-0.1, -0.05) is 0 Å². The second kappa shape index (κ2) is 4.84. The van der Waals surface area contributed by atoms with Crippen LogP contribution in [0.1, 0.15) is 12.8 Å². The van der Waals surface area contributed by atoms with Gasteiger partial charge in [0.1, 0.15) is 0 Å². The lowest BCUT2D eigenvalue weighted by molar-refractivity contribution is 0.768. The van der Waals surface area contributed by atoms with Gasteiger partial charge in [0.05, 0.1) is 29.1 Å². The van der Waals surface area contributed by atoms with Gasteiger partial charge in [0.2, 0.25) is 0 Å². The van der Waals surface area contributed by atoms with E-state index in [0.717, 1.165) is 40.4 Å². The molecule has 0 bridgehead atoms. The molecular formula is C16H17N5. The normalized spacial score (nSPS) is 14.5. The van der Waals surface area contributed by atoms with E-state index >= 15 is 0 Å². The van der Waals surface area contributed by atoms with Gasteiger partial charge in [0, 0.05) is 31.0 Å². The molecule has 0 unspecified atom stereocenters. The summed E-state index contributed by atoms with van der Waals surface area (Å²) in [5, 5.41) is 7.66. The minimum absolute atomic E-state index is 0.855. The molecule has 0 amide bonds. The summed E-state index contributed by atoms with van der Waals surface area (Å²) in [7, 11) is 1.90. The summed E-state index contributed by atoms with van der Waals surface area (Å²) in [6.07, 6.45) is 8.27. The first kappa shape index (κ1) is 12.3. The Morgan fingerprint density at radius 2 is 2.14 bits per heavy atom. The molecule has 1 N–H and O–H groups in total. The number of hydrogen-bond acceptors (Lipinski definition) is 4. The highest BCUT2D eigenvalue weighted by Gasteiger charge is 2.20. The molecule has 4 rings (SSSR count). The molecule has 0 atom stereocenters. The van der Waals surface area contributed by atoms with Crippen molar-refractivity contribution in [1.29, 1.82) is 0 Å². The number of nitrogens with one attached hydrogen (secondary N) is 1. The maximum absolute atomic E-state index is 4.71. The van der Waals surface area contributed by atoms with Crippen molar-refractivity contribution in [2.75, 3.05) is 11.9 Å². The van der Waals surface area contributed by atoms with Crippen LogP contribution in [-0.4, -0.2) is 26.3 Å². The van der Waals surface area contributed by atoms with Crippen LogP contribution in [0.4, 0.5) is 5.69 Å². The number of nitrogens with zero attached hydrogens (tertiary/aromatic N) is 4. The third-order valence-electron chi connectivity index (χ3n) is 3.83. The first-order chi connectivity index (χ1) is 10.3. The fourth-order valence-corrected chi connectivity index (χ4v) is 2.40. The van der Waals surface area contributed by atoms with Gasteiger partial charge in [-0.05, 0) is 37.0 Å². The Morgan fingerprint density at radius 1 is 1.24 bits per heavy atom. The standard InChI is InChI=1S/C16H17N5/c1-21-10-12(8-19-21)16-9-18-14-5-4-13(6-15(14)20-16)17-7-11-2-3-11/h4-6,8-11,17H,2-3,7H2,1H3. The van der Waals surface area contributed by atoms with Crippen LogP contribution >= 0.6 is 0 Å². The highest BCUT2D eigenvalue weighted by Crippen LogP contribution is 2.29. The van der Waals surface area contributed by atoms with E-state index in [1.807, 2.05) is 25.5 Å². The third-order valence-corrected chi connectivity index (χ3v) is 3.83. The summed E-state index contributed by atoms with van der Waals surface area (Å²) in [4.78, 5) is 9.19. The minimum Gasteiger partial charge on any atom is -0.385 e. The molecule has 5 nitrogen and oxygen atoms in total. The maximum Gasteiger partial charge on any atom is 0.0924 e. The predicted molar refractivity (Wildman–Crippen MR) is 83.0 cm³/mol. The van der Waals surface area contributed by atoms with Gasteiger partial charge in [-0.25, -0.2) is 4.98 Å². The number of rotatable bonds is 4. The predicted octanol–water partition coefficient (Wildman–Crippen LogP) is 2.85. The fraction of sp³-hybridized carbons (Fsp3) is 0.312. The van der Waals surface area contributed by atoms with Crippen LogP contribution in [0.15, 0.2) is 36.8 Å². The van der Waals surface area contributed by atoms with E-state index in [-0.39, 0.29) is 0 Å². The van der Waals surface area contributed by atoms with Gasteiger partial charge in [0.15, 0.2) is 0 Å². The van der Waals surface area contributed by atoms with E-state index in [9.17, 15) is 0 Å². The van der Waals surface area contributed by atoms with Crippen LogP contribution in [-0.2, 0) is 7.05 Å². The van der Waals surface area contributed by atoms with Crippen LogP contribution < -0.4 is 5.32 Å². The van der Waals surface area contributed by atoms with Gasteiger partial charge in [0.25, 0.3) is 0 Å². The van der Waals surface area contributed by atoms with Crippen molar-refractivity contribution in [3.05, 3.63) is 36.8 Å². The molecule has 0 spiro atoms. The molecule has 21 heavy (non-hydrogen) atoms. The first-order valence-electron chi connectivity index (χ1n) is 7.27. The Hall–Kier alpha value is -2.43. The van der Waals surface area contributed by atoms with E-state index in [1.54, 1.807) is 10.9 Å². The molecule has 2 heterocycles. The average Bonchev–Trinajstić information content (AvgIpc) is 3.24. The molecule has 0 radical (unpaired) electrons. The fourth-order valence-electron chi connectivity index (χ4n) is 2.40. The van der Waals surface area contributed by atoms with E-state index in [1.165, 1.54) is 12.8 Å². The number of fused-ring (bicyclic) bond motifs is 1. The second-order valence-electron chi connectivity index (χ2n) is 5.69. The quantitative estimate of drug-likeness (QED) is 0.798. The molecule has 1 aromatic carbocycles. The average molecular weight is 279 g/mol. The second-order valence-corrected chi connectivity index (χ2v) is 5.69. The number of hydrogen-bond donors (Lipinski definition) is 1. The molecule has 1 aliphatic rings. The molecule has 1 aliphatic carbocycles. The molecular weight excluding hydrogens is 262 g/mol. The zero-order chi connectivity index (χ0) is 14.2. The van der Waals surface area contributed by atoms with Crippen molar-refractivity contribution in [3.63, 3.8) is 0 Å². The van der Waals surface area contributed by atoms with Crippen molar-refractivity contribution in [2.24, 2.45) is 13.0 Å². The highest BCUT2D eigenvalue weighted by atomic mass is 15.2. The molecule has 5 heteroatoms. The van der Waals surface area contributed by atoms with Gasteiger partial charge in [-0.15, -0.1) is 0 Å². The Bertz CT molecular complexity index is 788.